The molecule has 0 atom stereocenters. The molecule has 0 saturated heterocycles. The van der Waals surface area contributed by atoms with Crippen molar-refractivity contribution in [3.63, 3.8) is 0 Å². The number of ether oxygens (including phenoxy) is 1. The molecule has 6 heteroatoms. The maximum atomic E-state index is 11.0. The monoisotopic (exact) mass is 310 g/mol. The lowest BCUT2D eigenvalue weighted by atomic mass is 10.3. The first-order chi connectivity index (χ1) is 9.72. The van der Waals surface area contributed by atoms with Crippen LogP contribution in [-0.2, 0) is 9.53 Å². The molecule has 1 aromatic rings. The second kappa shape index (κ2) is 7.50. The topological polar surface area (TPSA) is 41.6 Å². The molecule has 0 bridgehead atoms. The third kappa shape index (κ3) is 3.86. The van der Waals surface area contributed by atoms with Crippen LogP contribution in [0, 0.1) is 0 Å². The molecule has 2 rings (SSSR count). The number of carbonyl (C=O) groups excluding carboxylic acids is 1. The summed E-state index contributed by atoms with van der Waals surface area (Å²) in [6, 6.07) is 8.27. The smallest absolute Gasteiger partial charge is 0.305 e. The summed E-state index contributed by atoms with van der Waals surface area (Å²) in [4.78, 5) is 14.4. The Kier molecular flexibility index (Phi) is 5.67. The summed E-state index contributed by atoms with van der Waals surface area (Å²) >= 11 is 7.30. The Morgan fingerprint density at radius 1 is 1.50 bits per heavy atom. The Labute approximate surface area is 128 Å². The van der Waals surface area contributed by atoms with Crippen molar-refractivity contribution < 1.29 is 9.53 Å². The number of benzene rings is 1. The molecule has 0 spiro atoms. The number of carbonyl (C=O) groups is 1. The number of esters is 1. The quantitative estimate of drug-likeness (QED) is 0.523. The number of anilines is 1. The number of nitrogens with zero attached hydrogens (tertiary/aromatic N) is 1. The summed E-state index contributed by atoms with van der Waals surface area (Å²) < 4.78 is 4.61. The average molecular weight is 310 g/mol. The molecule has 0 aromatic heterocycles. The number of methoxy groups -OCH3 is 1. The molecular weight excluding hydrogens is 292 g/mol. The maximum Gasteiger partial charge on any atom is 0.305 e. The number of nitrogens with one attached hydrogen (secondary N) is 1. The van der Waals surface area contributed by atoms with Crippen LogP contribution in [0.4, 0.5) is 5.69 Å². The average Bonchev–Trinajstić information content (AvgIpc) is 2.50. The van der Waals surface area contributed by atoms with Crippen LogP contribution in [0.2, 0.25) is 0 Å². The molecule has 0 saturated carbocycles. The summed E-state index contributed by atoms with van der Waals surface area (Å²) in [5.41, 5.74) is 1.16. The summed E-state index contributed by atoms with van der Waals surface area (Å²) in [5.74, 6) is 0.846. The predicted octanol–water partition coefficient (Wildman–Crippen LogP) is 2.43. The number of fused-ring (bicyclic) bond motifs is 1. The fraction of sp³-hybridized carbons (Fsp3) is 0.429. The van der Waals surface area contributed by atoms with Gasteiger partial charge < -0.3 is 15.0 Å². The van der Waals surface area contributed by atoms with Crippen LogP contribution in [0.1, 0.15) is 12.8 Å². The lowest BCUT2D eigenvalue weighted by Gasteiger charge is -2.31. The van der Waals surface area contributed by atoms with Crippen LogP contribution in [-0.4, -0.2) is 37.0 Å². The molecule has 1 N–H and O–H groups in total. The van der Waals surface area contributed by atoms with Gasteiger partial charge in [-0.25, -0.2) is 0 Å². The Balaban J connectivity index is 1.86. The van der Waals surface area contributed by atoms with Crippen LogP contribution in [0.3, 0.4) is 0 Å². The minimum Gasteiger partial charge on any atom is -0.469 e. The molecule has 0 unspecified atom stereocenters. The Bertz CT molecular complexity index is 494. The van der Waals surface area contributed by atoms with E-state index in [1.165, 1.54) is 12.0 Å². The highest BCUT2D eigenvalue weighted by atomic mass is 32.2. The van der Waals surface area contributed by atoms with E-state index < -0.39 is 0 Å². The number of thioether (sulfide) groups is 1. The molecule has 0 aliphatic carbocycles. The van der Waals surface area contributed by atoms with Crippen molar-refractivity contribution in [1.29, 1.82) is 0 Å². The van der Waals surface area contributed by atoms with E-state index in [-0.39, 0.29) is 5.97 Å². The minimum absolute atomic E-state index is 0.183. The lowest BCUT2D eigenvalue weighted by molar-refractivity contribution is -0.140. The lowest BCUT2D eigenvalue weighted by Crippen LogP contribution is -2.43. The van der Waals surface area contributed by atoms with Crippen molar-refractivity contribution in [2.45, 2.75) is 17.7 Å². The van der Waals surface area contributed by atoms with Crippen molar-refractivity contribution in [1.82, 2.24) is 5.32 Å². The van der Waals surface area contributed by atoms with E-state index in [0.29, 0.717) is 13.0 Å². The summed E-state index contributed by atoms with van der Waals surface area (Å²) in [6.07, 6.45) is 1.13. The second-order valence-electron chi connectivity index (χ2n) is 4.38. The van der Waals surface area contributed by atoms with Gasteiger partial charge in [0.1, 0.15) is 0 Å². The molecule has 20 heavy (non-hydrogen) atoms. The standard InChI is InChI=1S/C14H18N2O2S2/c1-18-13(17)7-4-8-15-14(19)16-9-10-20-12-6-3-2-5-11(12)16/h2-3,5-6H,4,7-10H2,1H3,(H,15,19). The van der Waals surface area contributed by atoms with Crippen molar-refractivity contribution >= 4 is 40.7 Å². The number of rotatable bonds is 4. The molecule has 0 radical (unpaired) electrons. The van der Waals surface area contributed by atoms with Crippen LogP contribution in [0.25, 0.3) is 0 Å². The van der Waals surface area contributed by atoms with Gasteiger partial charge in [-0.2, -0.15) is 0 Å². The zero-order chi connectivity index (χ0) is 14.4. The van der Waals surface area contributed by atoms with Gasteiger partial charge in [0.05, 0.1) is 12.8 Å². The fourth-order valence-corrected chi connectivity index (χ4v) is 3.29. The molecule has 1 aliphatic rings. The first-order valence-corrected chi connectivity index (χ1v) is 7.96. The van der Waals surface area contributed by atoms with Gasteiger partial charge in [-0.1, -0.05) is 12.1 Å². The second-order valence-corrected chi connectivity index (χ2v) is 5.90. The molecule has 0 amide bonds. The number of hydrogen-bond donors (Lipinski definition) is 1. The number of para-hydroxylation sites is 1. The Hall–Kier alpha value is -1.27. The molecular formula is C14H18N2O2S2. The van der Waals surface area contributed by atoms with Gasteiger partial charge in [0.25, 0.3) is 0 Å². The highest BCUT2D eigenvalue weighted by molar-refractivity contribution is 7.99. The predicted molar refractivity (Wildman–Crippen MR) is 86.4 cm³/mol. The van der Waals surface area contributed by atoms with Crippen molar-refractivity contribution in [2.75, 3.05) is 30.9 Å². The van der Waals surface area contributed by atoms with Gasteiger partial charge in [0.15, 0.2) is 5.11 Å². The first-order valence-electron chi connectivity index (χ1n) is 6.56. The van der Waals surface area contributed by atoms with Crippen molar-refractivity contribution in [2.24, 2.45) is 0 Å². The van der Waals surface area contributed by atoms with E-state index in [1.54, 1.807) is 0 Å². The number of thiocarbonyl (C=S) groups is 1. The summed E-state index contributed by atoms with van der Waals surface area (Å²) in [6.45, 7) is 1.59. The minimum atomic E-state index is -0.183. The van der Waals surface area contributed by atoms with E-state index in [0.717, 1.165) is 29.5 Å². The highest BCUT2D eigenvalue weighted by Crippen LogP contribution is 2.34. The fourth-order valence-electron chi connectivity index (χ4n) is 2.01. The molecule has 1 aromatic carbocycles. The van der Waals surface area contributed by atoms with E-state index in [9.17, 15) is 4.79 Å². The molecule has 108 valence electrons. The molecule has 0 fully saturated rings. The normalized spacial score (nSPS) is 13.6. The van der Waals surface area contributed by atoms with E-state index in [4.69, 9.17) is 12.2 Å². The SMILES string of the molecule is COC(=O)CCCNC(=S)N1CCSc2ccccc21. The largest absolute Gasteiger partial charge is 0.469 e. The van der Waals surface area contributed by atoms with Crippen LogP contribution >= 0.6 is 24.0 Å². The first kappa shape index (κ1) is 15.1. The van der Waals surface area contributed by atoms with Gasteiger partial charge in [-0.15, -0.1) is 11.8 Å². The summed E-state index contributed by atoms with van der Waals surface area (Å²) in [5, 5.41) is 3.94. The van der Waals surface area contributed by atoms with E-state index >= 15 is 0 Å². The molecule has 1 heterocycles. The van der Waals surface area contributed by atoms with Gasteiger partial charge in [-0.05, 0) is 30.8 Å². The van der Waals surface area contributed by atoms with Crippen molar-refractivity contribution in [3.8, 4) is 0 Å². The van der Waals surface area contributed by atoms with Gasteiger partial charge in [0, 0.05) is 30.2 Å². The van der Waals surface area contributed by atoms with Gasteiger partial charge >= 0.3 is 5.97 Å². The maximum absolute atomic E-state index is 11.0. The van der Waals surface area contributed by atoms with Gasteiger partial charge in [-0.3, -0.25) is 4.79 Å². The Morgan fingerprint density at radius 3 is 3.10 bits per heavy atom. The molecule has 1 aliphatic heterocycles. The van der Waals surface area contributed by atoms with Crippen LogP contribution in [0.15, 0.2) is 29.2 Å². The van der Waals surface area contributed by atoms with E-state index in [2.05, 4.69) is 27.1 Å². The highest BCUT2D eigenvalue weighted by Gasteiger charge is 2.19. The van der Waals surface area contributed by atoms with Gasteiger partial charge in [0.2, 0.25) is 0 Å². The van der Waals surface area contributed by atoms with Crippen LogP contribution < -0.4 is 10.2 Å². The Morgan fingerprint density at radius 2 is 2.30 bits per heavy atom. The van der Waals surface area contributed by atoms with Crippen molar-refractivity contribution in [3.05, 3.63) is 24.3 Å². The van der Waals surface area contributed by atoms with E-state index in [1.807, 2.05) is 23.9 Å². The zero-order valence-corrected chi connectivity index (χ0v) is 13.1. The zero-order valence-electron chi connectivity index (χ0n) is 11.4. The number of hydrogen-bond acceptors (Lipinski definition) is 4. The van der Waals surface area contributed by atoms with Crippen LogP contribution in [0.5, 0.6) is 0 Å². The third-order valence-electron chi connectivity index (χ3n) is 3.04. The molecule has 4 nitrogen and oxygen atoms in total. The third-order valence-corrected chi connectivity index (χ3v) is 4.44. The summed E-state index contributed by atoms with van der Waals surface area (Å²) in [7, 11) is 1.41.